The molecule has 0 saturated carbocycles. The highest BCUT2D eigenvalue weighted by molar-refractivity contribution is 6.39. The molecule has 0 radical (unpaired) electrons. The number of hydrazone groups is 1. The molecule has 1 N–H and O–H groups in total. The molecule has 1 fully saturated rings. The number of carbonyl (C=O) groups excluding carboxylic acids is 3. The van der Waals surface area contributed by atoms with Gasteiger partial charge in [-0.3, -0.25) is 15.0 Å². The predicted octanol–water partition coefficient (Wildman–Crippen LogP) is 2.18. The van der Waals surface area contributed by atoms with Gasteiger partial charge in [0.25, 0.3) is 5.91 Å². The summed E-state index contributed by atoms with van der Waals surface area (Å²) in [6.07, 6.45) is -0.0866. The average molecular weight is 407 g/mol. The minimum Gasteiger partial charge on any atom is -0.494 e. The van der Waals surface area contributed by atoms with Crippen LogP contribution in [0.25, 0.3) is 0 Å². The summed E-state index contributed by atoms with van der Waals surface area (Å²) < 4.78 is 10.7. The van der Waals surface area contributed by atoms with Crippen molar-refractivity contribution in [3.8, 4) is 5.75 Å². The van der Waals surface area contributed by atoms with Gasteiger partial charge in [-0.25, -0.2) is 9.69 Å². The molecule has 0 unspecified atom stereocenters. The summed E-state index contributed by atoms with van der Waals surface area (Å²) in [6.45, 7) is 2.50. The Bertz CT molecular complexity index is 1000. The summed E-state index contributed by atoms with van der Waals surface area (Å²) in [4.78, 5) is 39.2. The second-order valence-corrected chi connectivity index (χ2v) is 7.13. The third-order valence-corrected chi connectivity index (χ3v) is 5.04. The fourth-order valence-electron chi connectivity index (χ4n) is 3.55. The number of anilines is 1. The number of hydrogen-bond acceptors (Lipinski definition) is 7. The van der Waals surface area contributed by atoms with Crippen molar-refractivity contribution in [1.29, 1.82) is 0 Å². The monoisotopic (exact) mass is 407 g/mol. The molecule has 2 aliphatic rings. The van der Waals surface area contributed by atoms with Gasteiger partial charge in [0.05, 0.1) is 18.7 Å². The summed E-state index contributed by atoms with van der Waals surface area (Å²) in [5.74, 6) is -0.749. The van der Waals surface area contributed by atoms with Gasteiger partial charge in [-0.15, -0.1) is 0 Å². The molecule has 8 nitrogen and oxygen atoms in total. The first-order chi connectivity index (χ1) is 14.5. The molecular formula is C22H21N3O5. The van der Waals surface area contributed by atoms with Crippen LogP contribution in [-0.4, -0.2) is 35.6 Å². The van der Waals surface area contributed by atoms with Gasteiger partial charge in [0, 0.05) is 6.42 Å². The van der Waals surface area contributed by atoms with Gasteiger partial charge in [-0.2, -0.15) is 5.10 Å². The fourth-order valence-corrected chi connectivity index (χ4v) is 3.55. The second-order valence-electron chi connectivity index (χ2n) is 7.13. The van der Waals surface area contributed by atoms with Crippen LogP contribution in [0.15, 0.2) is 59.7 Å². The van der Waals surface area contributed by atoms with Gasteiger partial charge >= 0.3 is 5.97 Å². The van der Waals surface area contributed by atoms with Crippen LogP contribution in [0.5, 0.6) is 5.75 Å². The number of nitrogens with one attached hydrogen (secondary N) is 1. The largest absolute Gasteiger partial charge is 0.494 e. The van der Waals surface area contributed by atoms with Crippen LogP contribution in [0.1, 0.15) is 25.3 Å². The van der Waals surface area contributed by atoms with Crippen molar-refractivity contribution in [2.75, 3.05) is 11.5 Å². The van der Waals surface area contributed by atoms with Crippen molar-refractivity contribution in [2.45, 2.75) is 31.9 Å². The molecule has 30 heavy (non-hydrogen) atoms. The van der Waals surface area contributed by atoms with Crippen LogP contribution in [-0.2, 0) is 25.7 Å². The van der Waals surface area contributed by atoms with Gasteiger partial charge < -0.3 is 9.47 Å². The topological polar surface area (TPSA) is 97.3 Å². The summed E-state index contributed by atoms with van der Waals surface area (Å²) >= 11 is 0. The number of benzene rings is 2. The second kappa shape index (κ2) is 7.98. The van der Waals surface area contributed by atoms with Crippen LogP contribution >= 0.6 is 0 Å². The van der Waals surface area contributed by atoms with E-state index in [0.29, 0.717) is 18.0 Å². The Morgan fingerprint density at radius 2 is 1.83 bits per heavy atom. The van der Waals surface area contributed by atoms with E-state index in [1.54, 1.807) is 24.3 Å². The van der Waals surface area contributed by atoms with E-state index in [2.05, 4.69) is 10.5 Å². The molecule has 1 atom stereocenters. The quantitative estimate of drug-likeness (QED) is 0.582. The fraction of sp³-hybridized carbons (Fsp3) is 0.273. The SMILES string of the molecule is CCOc1ccc(N2C(=O)C[C@@]3(CC(C(=O)OCc4ccccc4)=NN3)C2=O)cc1. The Kier molecular flexibility index (Phi) is 5.22. The molecule has 154 valence electrons. The van der Waals surface area contributed by atoms with Crippen LogP contribution in [0.4, 0.5) is 5.69 Å². The molecule has 0 aromatic heterocycles. The van der Waals surface area contributed by atoms with Gasteiger partial charge in [0.15, 0.2) is 0 Å². The lowest BCUT2D eigenvalue weighted by molar-refractivity contribution is -0.136. The number of ether oxygens (including phenoxy) is 2. The van der Waals surface area contributed by atoms with Crippen LogP contribution in [0, 0.1) is 0 Å². The maximum Gasteiger partial charge on any atom is 0.354 e. The average Bonchev–Trinajstić information content (AvgIpc) is 3.29. The lowest BCUT2D eigenvalue weighted by Crippen LogP contribution is -2.47. The molecule has 2 heterocycles. The van der Waals surface area contributed by atoms with E-state index in [1.165, 1.54) is 0 Å². The summed E-state index contributed by atoms with van der Waals surface area (Å²) in [5.41, 5.74) is 2.87. The molecule has 2 aliphatic heterocycles. The number of nitrogens with zero attached hydrogens (tertiary/aromatic N) is 2. The number of amides is 2. The lowest BCUT2D eigenvalue weighted by atomic mass is 9.93. The zero-order chi connectivity index (χ0) is 21.1. The van der Waals surface area contributed by atoms with Crippen LogP contribution < -0.4 is 15.1 Å². The Morgan fingerprint density at radius 1 is 1.10 bits per heavy atom. The highest BCUT2D eigenvalue weighted by Gasteiger charge is 2.56. The van der Waals surface area contributed by atoms with Crippen LogP contribution in [0.2, 0.25) is 0 Å². The van der Waals surface area contributed by atoms with Gasteiger partial charge in [0.1, 0.15) is 23.6 Å². The maximum absolute atomic E-state index is 13.1. The molecule has 2 amide bonds. The Morgan fingerprint density at radius 3 is 2.53 bits per heavy atom. The van der Waals surface area contributed by atoms with Gasteiger partial charge in [0.2, 0.25) is 5.91 Å². The number of carbonyl (C=O) groups is 3. The summed E-state index contributed by atoms with van der Waals surface area (Å²) in [5, 5.41) is 4.01. The third kappa shape index (κ3) is 3.63. The first kappa shape index (κ1) is 19.6. The predicted molar refractivity (Wildman–Crippen MR) is 109 cm³/mol. The van der Waals surface area contributed by atoms with Crippen molar-refractivity contribution >= 4 is 29.2 Å². The molecule has 0 aliphatic carbocycles. The first-order valence-corrected chi connectivity index (χ1v) is 9.67. The number of hydrogen-bond donors (Lipinski definition) is 1. The number of imide groups is 1. The molecule has 2 aromatic rings. The minimum atomic E-state index is -1.25. The lowest BCUT2D eigenvalue weighted by Gasteiger charge is -2.21. The molecule has 1 saturated heterocycles. The minimum absolute atomic E-state index is 0.00126. The van der Waals surface area contributed by atoms with E-state index in [-0.39, 0.29) is 31.1 Å². The van der Waals surface area contributed by atoms with Crippen molar-refractivity contribution < 1.29 is 23.9 Å². The highest BCUT2D eigenvalue weighted by Crippen LogP contribution is 2.35. The van der Waals surface area contributed by atoms with E-state index in [4.69, 9.17) is 9.47 Å². The normalized spacial score (nSPS) is 20.3. The van der Waals surface area contributed by atoms with Gasteiger partial charge in [-0.1, -0.05) is 30.3 Å². The summed E-state index contributed by atoms with van der Waals surface area (Å²) in [7, 11) is 0. The van der Waals surface area contributed by atoms with Crippen LogP contribution in [0.3, 0.4) is 0 Å². The maximum atomic E-state index is 13.1. The number of rotatable bonds is 6. The van der Waals surface area contributed by atoms with Crippen molar-refractivity contribution in [3.63, 3.8) is 0 Å². The smallest absolute Gasteiger partial charge is 0.354 e. The Labute approximate surface area is 173 Å². The van der Waals surface area contributed by atoms with E-state index in [9.17, 15) is 14.4 Å². The van der Waals surface area contributed by atoms with E-state index >= 15 is 0 Å². The standard InChI is InChI=1S/C22H21N3O5/c1-2-29-17-10-8-16(9-11-17)25-19(26)13-22(21(25)28)12-18(23-24-22)20(27)30-14-15-6-4-3-5-7-15/h3-11,24H,2,12-14H2,1H3/t22-/m0/s1. The van der Waals surface area contributed by atoms with E-state index < -0.39 is 17.4 Å². The van der Waals surface area contributed by atoms with Crippen molar-refractivity contribution in [3.05, 3.63) is 60.2 Å². The third-order valence-electron chi connectivity index (χ3n) is 5.04. The molecular weight excluding hydrogens is 386 g/mol. The Hall–Kier alpha value is -3.68. The zero-order valence-electron chi connectivity index (χ0n) is 16.5. The van der Waals surface area contributed by atoms with Crippen molar-refractivity contribution in [2.24, 2.45) is 5.10 Å². The highest BCUT2D eigenvalue weighted by atomic mass is 16.5. The van der Waals surface area contributed by atoms with Gasteiger partial charge in [-0.05, 0) is 36.8 Å². The molecule has 2 aromatic carbocycles. The first-order valence-electron chi connectivity index (χ1n) is 9.67. The summed E-state index contributed by atoms with van der Waals surface area (Å²) in [6, 6.07) is 16.0. The molecule has 0 bridgehead atoms. The molecule has 4 rings (SSSR count). The molecule has 8 heteroatoms. The van der Waals surface area contributed by atoms with Crippen molar-refractivity contribution in [1.82, 2.24) is 5.43 Å². The van der Waals surface area contributed by atoms with E-state index in [1.807, 2.05) is 37.3 Å². The van der Waals surface area contributed by atoms with E-state index in [0.717, 1.165) is 10.5 Å². The molecule has 1 spiro atoms. The Balaban J connectivity index is 1.43. The number of esters is 1. The zero-order valence-corrected chi connectivity index (χ0v) is 16.5.